The summed E-state index contributed by atoms with van der Waals surface area (Å²) in [6.07, 6.45) is 3.76. The largest absolute Gasteiger partial charge is 0.485 e. The lowest BCUT2D eigenvalue weighted by molar-refractivity contribution is 0.255. The lowest BCUT2D eigenvalue weighted by Gasteiger charge is -2.19. The summed E-state index contributed by atoms with van der Waals surface area (Å²) in [5.41, 5.74) is 6.15. The Kier molecular flexibility index (Phi) is 9.03. The number of nitrogens with zero attached hydrogens (tertiary/aromatic N) is 4. The van der Waals surface area contributed by atoms with Gasteiger partial charge in [0.25, 0.3) is 0 Å². The fourth-order valence-electron chi connectivity index (χ4n) is 5.19. The molecule has 0 saturated heterocycles. The Labute approximate surface area is 258 Å². The lowest BCUT2D eigenvalue weighted by atomic mass is 10.0. The number of fused-ring (bicyclic) bond motifs is 1. The van der Waals surface area contributed by atoms with Crippen LogP contribution in [0.25, 0.3) is 11.0 Å². The second-order valence-corrected chi connectivity index (χ2v) is 11.3. The SMILES string of the molecule is CCc1ccc2cc(C(c3ccc(OCc4ccccc4)c(OCc4ccccc4)c3)n3cc(CCN(C)C)nn3)oc2c1. The van der Waals surface area contributed by atoms with Gasteiger partial charge < -0.3 is 18.8 Å². The molecular weight excluding hydrogens is 548 g/mol. The number of likely N-dealkylation sites (N-methyl/N-ethyl adjacent to an activating group) is 1. The lowest BCUT2D eigenvalue weighted by Crippen LogP contribution is -2.15. The van der Waals surface area contributed by atoms with Gasteiger partial charge in [-0.05, 0) is 67.0 Å². The highest BCUT2D eigenvalue weighted by Crippen LogP contribution is 2.37. The van der Waals surface area contributed by atoms with Crippen LogP contribution in [0.2, 0.25) is 0 Å². The number of hydrogen-bond acceptors (Lipinski definition) is 6. The molecule has 2 aromatic heterocycles. The Morgan fingerprint density at radius 2 is 1.48 bits per heavy atom. The third kappa shape index (κ3) is 7.01. The summed E-state index contributed by atoms with van der Waals surface area (Å²) >= 11 is 0. The van der Waals surface area contributed by atoms with E-state index < -0.39 is 0 Å². The highest BCUT2D eigenvalue weighted by atomic mass is 16.5. The molecule has 7 nitrogen and oxygen atoms in total. The molecule has 0 amide bonds. The molecule has 1 atom stereocenters. The summed E-state index contributed by atoms with van der Waals surface area (Å²) < 4.78 is 21.1. The maximum Gasteiger partial charge on any atom is 0.162 e. The fourth-order valence-corrected chi connectivity index (χ4v) is 5.19. The van der Waals surface area contributed by atoms with Gasteiger partial charge in [0.15, 0.2) is 11.5 Å². The summed E-state index contributed by atoms with van der Waals surface area (Å²) in [5.74, 6) is 2.11. The number of benzene rings is 4. The van der Waals surface area contributed by atoms with Crippen molar-refractivity contribution in [2.24, 2.45) is 0 Å². The van der Waals surface area contributed by atoms with Crippen LogP contribution in [0.5, 0.6) is 11.5 Å². The van der Waals surface area contributed by atoms with Gasteiger partial charge in [0.1, 0.15) is 30.6 Å². The van der Waals surface area contributed by atoms with E-state index in [-0.39, 0.29) is 6.04 Å². The monoisotopic (exact) mass is 586 g/mol. The third-order valence-corrected chi connectivity index (χ3v) is 7.68. The van der Waals surface area contributed by atoms with Crippen molar-refractivity contribution in [2.75, 3.05) is 20.6 Å². The Morgan fingerprint density at radius 3 is 2.16 bits per heavy atom. The molecule has 0 spiro atoms. The van der Waals surface area contributed by atoms with Crippen LogP contribution in [0, 0.1) is 0 Å². The van der Waals surface area contributed by atoms with Crippen LogP contribution in [0.15, 0.2) is 114 Å². The number of aryl methyl sites for hydroxylation is 1. The van der Waals surface area contributed by atoms with E-state index in [9.17, 15) is 0 Å². The minimum Gasteiger partial charge on any atom is -0.485 e. The van der Waals surface area contributed by atoms with Gasteiger partial charge >= 0.3 is 0 Å². The van der Waals surface area contributed by atoms with Crippen LogP contribution in [0.1, 0.15) is 46.7 Å². The molecule has 0 N–H and O–H groups in total. The van der Waals surface area contributed by atoms with Crippen LogP contribution < -0.4 is 9.47 Å². The number of rotatable bonds is 13. The average Bonchev–Trinajstić information content (AvgIpc) is 3.70. The zero-order chi connectivity index (χ0) is 30.3. The smallest absolute Gasteiger partial charge is 0.162 e. The van der Waals surface area contributed by atoms with E-state index in [1.165, 1.54) is 5.56 Å². The van der Waals surface area contributed by atoms with Gasteiger partial charge in [0.05, 0.1) is 5.69 Å². The minimum atomic E-state index is -0.352. The van der Waals surface area contributed by atoms with E-state index in [1.54, 1.807) is 0 Å². The van der Waals surface area contributed by atoms with Crippen LogP contribution in [-0.4, -0.2) is 40.5 Å². The standard InChI is InChI=1S/C37H38N4O3/c1-4-27-15-16-30-22-36(44-34(30)21-27)37(41-24-32(38-39-41)19-20-40(2)3)31-17-18-33(42-25-28-11-7-5-8-12-28)35(23-31)43-26-29-13-9-6-10-14-29/h5-18,21-24,37H,4,19-20,25-26H2,1-3H3. The molecule has 6 rings (SSSR count). The average molecular weight is 587 g/mol. The number of hydrogen-bond donors (Lipinski definition) is 0. The first-order valence-corrected chi connectivity index (χ1v) is 15.1. The van der Waals surface area contributed by atoms with Crippen molar-refractivity contribution in [1.82, 2.24) is 19.9 Å². The summed E-state index contributed by atoms with van der Waals surface area (Å²) in [4.78, 5) is 2.14. The summed E-state index contributed by atoms with van der Waals surface area (Å²) in [7, 11) is 4.12. The molecule has 0 radical (unpaired) electrons. The van der Waals surface area contributed by atoms with Gasteiger partial charge in [-0.3, -0.25) is 0 Å². The molecule has 0 aliphatic heterocycles. The van der Waals surface area contributed by atoms with Crippen molar-refractivity contribution in [1.29, 1.82) is 0 Å². The van der Waals surface area contributed by atoms with Crippen molar-refractivity contribution in [3.05, 3.63) is 143 Å². The molecule has 6 aromatic rings. The zero-order valence-corrected chi connectivity index (χ0v) is 25.5. The van der Waals surface area contributed by atoms with Gasteiger partial charge in [0, 0.05) is 24.5 Å². The van der Waals surface area contributed by atoms with Crippen molar-refractivity contribution >= 4 is 11.0 Å². The van der Waals surface area contributed by atoms with Gasteiger partial charge in [-0.15, -0.1) is 5.10 Å². The van der Waals surface area contributed by atoms with Crippen LogP contribution >= 0.6 is 0 Å². The quantitative estimate of drug-likeness (QED) is 0.140. The molecule has 1 unspecified atom stereocenters. The van der Waals surface area contributed by atoms with E-state index >= 15 is 0 Å². The van der Waals surface area contributed by atoms with Crippen molar-refractivity contribution in [3.63, 3.8) is 0 Å². The molecule has 0 bridgehead atoms. The molecule has 44 heavy (non-hydrogen) atoms. The summed E-state index contributed by atoms with van der Waals surface area (Å²) in [6, 6.07) is 34.5. The van der Waals surface area contributed by atoms with Gasteiger partial charge in [-0.1, -0.05) is 91.0 Å². The maximum absolute atomic E-state index is 6.52. The minimum absolute atomic E-state index is 0.352. The molecule has 2 heterocycles. The molecular formula is C37H38N4O3. The van der Waals surface area contributed by atoms with Crippen molar-refractivity contribution in [2.45, 2.75) is 39.0 Å². The number of aromatic nitrogens is 3. The van der Waals surface area contributed by atoms with Gasteiger partial charge in [-0.25, -0.2) is 4.68 Å². The first kappa shape index (κ1) is 29.2. The Balaban J connectivity index is 1.39. The second-order valence-electron chi connectivity index (χ2n) is 11.3. The molecule has 7 heteroatoms. The first-order valence-electron chi connectivity index (χ1n) is 15.1. The Bertz CT molecular complexity index is 1790. The molecule has 0 fully saturated rings. The van der Waals surface area contributed by atoms with E-state index in [2.05, 4.69) is 90.8 Å². The van der Waals surface area contributed by atoms with E-state index in [1.807, 2.05) is 59.4 Å². The highest BCUT2D eigenvalue weighted by Gasteiger charge is 2.24. The normalized spacial score (nSPS) is 12.1. The second kappa shape index (κ2) is 13.6. The van der Waals surface area contributed by atoms with Gasteiger partial charge in [-0.2, -0.15) is 0 Å². The predicted octanol–water partition coefficient (Wildman–Crippen LogP) is 7.49. The van der Waals surface area contributed by atoms with Crippen LogP contribution in [0.4, 0.5) is 0 Å². The topological polar surface area (TPSA) is 65.6 Å². The molecule has 0 saturated carbocycles. The highest BCUT2D eigenvalue weighted by molar-refractivity contribution is 5.79. The third-order valence-electron chi connectivity index (χ3n) is 7.68. The van der Waals surface area contributed by atoms with Crippen molar-refractivity contribution < 1.29 is 13.9 Å². The van der Waals surface area contributed by atoms with Crippen molar-refractivity contribution in [3.8, 4) is 11.5 Å². The summed E-state index contributed by atoms with van der Waals surface area (Å²) in [6.45, 7) is 3.89. The number of furan rings is 1. The Hall–Kier alpha value is -4.88. The Morgan fingerprint density at radius 1 is 0.773 bits per heavy atom. The predicted molar refractivity (Wildman–Crippen MR) is 173 cm³/mol. The van der Waals surface area contributed by atoms with E-state index in [4.69, 9.17) is 13.9 Å². The zero-order valence-electron chi connectivity index (χ0n) is 25.5. The van der Waals surface area contributed by atoms with Crippen LogP contribution in [0.3, 0.4) is 0 Å². The molecule has 4 aromatic carbocycles. The molecule has 224 valence electrons. The maximum atomic E-state index is 6.52. The van der Waals surface area contributed by atoms with E-state index in [0.29, 0.717) is 24.7 Å². The van der Waals surface area contributed by atoms with Gasteiger partial charge in [0.2, 0.25) is 0 Å². The van der Waals surface area contributed by atoms with E-state index in [0.717, 1.165) is 58.5 Å². The van der Waals surface area contributed by atoms with Crippen LogP contribution in [-0.2, 0) is 26.1 Å². The first-order chi connectivity index (χ1) is 21.6. The molecule has 0 aliphatic rings. The fraction of sp³-hybridized carbons (Fsp3) is 0.243. The summed E-state index contributed by atoms with van der Waals surface area (Å²) in [5, 5.41) is 10.2. The molecule has 0 aliphatic carbocycles. The number of ether oxygens (including phenoxy) is 2.